The SMILES string of the molecule is CCC(C)(O)CNS(=O)(=O)c1ccc(CC#N)cc1. The first-order valence-electron chi connectivity index (χ1n) is 5.99. The Bertz CT molecular complexity index is 557. The van der Waals surface area contributed by atoms with Crippen LogP contribution in [0.15, 0.2) is 29.2 Å². The summed E-state index contributed by atoms with van der Waals surface area (Å²) in [5.74, 6) is 0. The largest absolute Gasteiger partial charge is 0.389 e. The lowest BCUT2D eigenvalue weighted by Crippen LogP contribution is -2.40. The summed E-state index contributed by atoms with van der Waals surface area (Å²) < 4.78 is 26.3. The van der Waals surface area contributed by atoms with Crippen LogP contribution in [-0.4, -0.2) is 25.7 Å². The minimum atomic E-state index is -3.63. The van der Waals surface area contributed by atoms with Crippen LogP contribution in [0.1, 0.15) is 25.8 Å². The normalized spacial score (nSPS) is 14.6. The minimum Gasteiger partial charge on any atom is -0.389 e. The number of aliphatic hydroxyl groups is 1. The molecular weight excluding hydrogens is 264 g/mol. The van der Waals surface area contributed by atoms with Crippen molar-refractivity contribution in [2.75, 3.05) is 6.54 Å². The van der Waals surface area contributed by atoms with Crippen LogP contribution in [0, 0.1) is 11.3 Å². The molecule has 0 aliphatic heterocycles. The van der Waals surface area contributed by atoms with Gasteiger partial charge in [0.25, 0.3) is 0 Å². The van der Waals surface area contributed by atoms with Gasteiger partial charge < -0.3 is 5.11 Å². The third-order valence-corrected chi connectivity index (χ3v) is 4.34. The molecule has 0 saturated heterocycles. The monoisotopic (exact) mass is 282 g/mol. The fourth-order valence-electron chi connectivity index (χ4n) is 1.34. The van der Waals surface area contributed by atoms with Crippen molar-refractivity contribution in [3.8, 4) is 6.07 Å². The molecule has 5 nitrogen and oxygen atoms in total. The van der Waals surface area contributed by atoms with Crippen LogP contribution in [0.3, 0.4) is 0 Å². The minimum absolute atomic E-state index is 0.0359. The summed E-state index contributed by atoms with van der Waals surface area (Å²) in [6, 6.07) is 8.12. The molecule has 1 aromatic rings. The van der Waals surface area contributed by atoms with Crippen LogP contribution >= 0.6 is 0 Å². The average Bonchev–Trinajstić information content (AvgIpc) is 2.38. The maximum atomic E-state index is 12.0. The smallest absolute Gasteiger partial charge is 0.240 e. The number of hydrogen-bond donors (Lipinski definition) is 2. The average molecular weight is 282 g/mol. The topological polar surface area (TPSA) is 90.2 Å². The molecule has 0 saturated carbocycles. The van der Waals surface area contributed by atoms with Gasteiger partial charge in [0.15, 0.2) is 0 Å². The Morgan fingerprint density at radius 1 is 1.37 bits per heavy atom. The summed E-state index contributed by atoms with van der Waals surface area (Å²) in [5.41, 5.74) is -0.296. The number of nitrogens with zero attached hydrogens (tertiary/aromatic N) is 1. The quantitative estimate of drug-likeness (QED) is 0.820. The van der Waals surface area contributed by atoms with Crippen molar-refractivity contribution in [2.24, 2.45) is 0 Å². The molecule has 0 aromatic heterocycles. The third-order valence-electron chi connectivity index (χ3n) is 2.92. The molecule has 0 bridgehead atoms. The standard InChI is InChI=1S/C13H18N2O3S/c1-3-13(2,16)10-15-19(17,18)12-6-4-11(5-7-12)8-9-14/h4-7,15-16H,3,8,10H2,1-2H3. The lowest BCUT2D eigenvalue weighted by atomic mass is 10.1. The second-order valence-electron chi connectivity index (χ2n) is 4.65. The van der Waals surface area contributed by atoms with E-state index in [9.17, 15) is 13.5 Å². The van der Waals surface area contributed by atoms with Crippen LogP contribution in [0.4, 0.5) is 0 Å². The summed E-state index contributed by atoms with van der Waals surface area (Å²) in [4.78, 5) is 0.126. The molecule has 0 heterocycles. The Kier molecular flexibility index (Phi) is 5.06. The van der Waals surface area contributed by atoms with Gasteiger partial charge in [0, 0.05) is 6.54 Å². The van der Waals surface area contributed by atoms with E-state index >= 15 is 0 Å². The van der Waals surface area contributed by atoms with Gasteiger partial charge in [0.2, 0.25) is 10.0 Å². The maximum Gasteiger partial charge on any atom is 0.240 e. The van der Waals surface area contributed by atoms with Crippen molar-refractivity contribution >= 4 is 10.0 Å². The maximum absolute atomic E-state index is 12.0. The lowest BCUT2D eigenvalue weighted by molar-refractivity contribution is 0.0613. The zero-order valence-electron chi connectivity index (χ0n) is 11.0. The van der Waals surface area contributed by atoms with Gasteiger partial charge in [-0.15, -0.1) is 0 Å². The summed E-state index contributed by atoms with van der Waals surface area (Å²) in [5, 5.41) is 18.3. The predicted molar refractivity (Wildman–Crippen MR) is 71.9 cm³/mol. The summed E-state index contributed by atoms with van der Waals surface area (Å²) in [6.07, 6.45) is 0.703. The zero-order chi connectivity index (χ0) is 14.5. The van der Waals surface area contributed by atoms with E-state index in [1.807, 2.05) is 6.07 Å². The van der Waals surface area contributed by atoms with Crippen LogP contribution in [0.2, 0.25) is 0 Å². The van der Waals surface area contributed by atoms with Crippen molar-refractivity contribution in [3.05, 3.63) is 29.8 Å². The predicted octanol–water partition coefficient (Wildman–Crippen LogP) is 1.19. The van der Waals surface area contributed by atoms with Crippen LogP contribution in [-0.2, 0) is 16.4 Å². The fourth-order valence-corrected chi connectivity index (χ4v) is 2.50. The van der Waals surface area contributed by atoms with E-state index in [1.165, 1.54) is 12.1 Å². The second-order valence-corrected chi connectivity index (χ2v) is 6.42. The van der Waals surface area contributed by atoms with Gasteiger partial charge >= 0.3 is 0 Å². The molecular formula is C13H18N2O3S. The van der Waals surface area contributed by atoms with Gasteiger partial charge in [-0.05, 0) is 31.0 Å². The first-order valence-corrected chi connectivity index (χ1v) is 7.47. The van der Waals surface area contributed by atoms with Crippen molar-refractivity contribution in [1.29, 1.82) is 5.26 Å². The highest BCUT2D eigenvalue weighted by Gasteiger charge is 2.22. The van der Waals surface area contributed by atoms with Gasteiger partial charge in [0.05, 0.1) is 23.0 Å². The van der Waals surface area contributed by atoms with Gasteiger partial charge in [0.1, 0.15) is 0 Å². The Hall–Kier alpha value is -1.42. The van der Waals surface area contributed by atoms with Crippen molar-refractivity contribution < 1.29 is 13.5 Å². The Morgan fingerprint density at radius 2 is 1.95 bits per heavy atom. The molecule has 1 rings (SSSR count). The molecule has 0 radical (unpaired) electrons. The summed E-state index contributed by atoms with van der Waals surface area (Å²) in [7, 11) is -3.63. The van der Waals surface area contributed by atoms with Crippen LogP contribution in [0.25, 0.3) is 0 Å². The Morgan fingerprint density at radius 3 is 2.42 bits per heavy atom. The molecule has 0 aliphatic rings. The molecule has 19 heavy (non-hydrogen) atoms. The van der Waals surface area contributed by atoms with Crippen LogP contribution in [0.5, 0.6) is 0 Å². The summed E-state index contributed by atoms with van der Waals surface area (Å²) >= 11 is 0. The molecule has 0 aliphatic carbocycles. The van der Waals surface area contributed by atoms with E-state index in [0.29, 0.717) is 6.42 Å². The van der Waals surface area contributed by atoms with Crippen molar-refractivity contribution in [1.82, 2.24) is 4.72 Å². The molecule has 0 fully saturated rings. The van der Waals surface area contributed by atoms with Gasteiger partial charge in [-0.25, -0.2) is 13.1 Å². The molecule has 1 unspecified atom stereocenters. The molecule has 1 atom stereocenters. The number of benzene rings is 1. The van der Waals surface area contributed by atoms with Crippen molar-refractivity contribution in [3.63, 3.8) is 0 Å². The van der Waals surface area contributed by atoms with Gasteiger partial charge in [-0.3, -0.25) is 0 Å². The molecule has 0 amide bonds. The molecule has 2 N–H and O–H groups in total. The Labute approximate surface area is 113 Å². The first-order chi connectivity index (χ1) is 8.80. The highest BCUT2D eigenvalue weighted by molar-refractivity contribution is 7.89. The lowest BCUT2D eigenvalue weighted by Gasteiger charge is -2.21. The molecule has 1 aromatic carbocycles. The number of hydrogen-bond acceptors (Lipinski definition) is 4. The van der Waals surface area contributed by atoms with E-state index < -0.39 is 15.6 Å². The highest BCUT2D eigenvalue weighted by Crippen LogP contribution is 2.13. The zero-order valence-corrected chi connectivity index (χ0v) is 11.9. The Balaban J connectivity index is 2.81. The number of nitrogens with one attached hydrogen (secondary N) is 1. The van der Waals surface area contributed by atoms with Gasteiger partial charge in [-0.2, -0.15) is 5.26 Å². The van der Waals surface area contributed by atoms with E-state index in [-0.39, 0.29) is 17.9 Å². The molecule has 0 spiro atoms. The van der Waals surface area contributed by atoms with E-state index in [2.05, 4.69) is 4.72 Å². The highest BCUT2D eigenvalue weighted by atomic mass is 32.2. The van der Waals surface area contributed by atoms with E-state index in [1.54, 1.807) is 26.0 Å². The van der Waals surface area contributed by atoms with E-state index in [0.717, 1.165) is 5.56 Å². The summed E-state index contributed by atoms with van der Waals surface area (Å²) in [6.45, 7) is 3.32. The third kappa shape index (κ3) is 4.63. The molecule has 104 valence electrons. The number of nitriles is 1. The fraction of sp³-hybridized carbons (Fsp3) is 0.462. The number of sulfonamides is 1. The van der Waals surface area contributed by atoms with Crippen LogP contribution < -0.4 is 4.72 Å². The van der Waals surface area contributed by atoms with Gasteiger partial charge in [-0.1, -0.05) is 19.1 Å². The second kappa shape index (κ2) is 6.15. The van der Waals surface area contributed by atoms with Crippen molar-refractivity contribution in [2.45, 2.75) is 37.2 Å². The molecule has 6 heteroatoms. The number of rotatable bonds is 6. The first kappa shape index (κ1) is 15.6. The van der Waals surface area contributed by atoms with E-state index in [4.69, 9.17) is 5.26 Å².